The minimum Gasteiger partial charge on any atom is -0.460 e. The number of amides is 4. The Bertz CT molecular complexity index is 5250. The van der Waals surface area contributed by atoms with Gasteiger partial charge in [0.15, 0.2) is 0 Å². The molecule has 25 nitrogen and oxygen atoms in total. The van der Waals surface area contributed by atoms with Crippen LogP contribution in [-0.4, -0.2) is 122 Å². The lowest BCUT2D eigenvalue weighted by atomic mass is 9.85. The average Bonchev–Trinajstić information content (AvgIpc) is 1.43. The third-order valence-corrected chi connectivity index (χ3v) is 20.4. The SMILES string of the molecule is C=C(NC(=O)OC(C)(C)C)n1nc(C)cc1C.CC(=CCCC(=NC(=O)OC(C)(C)C)NC(=O)OC(C)(C)C)c1ccccc1.CC(=CCCl)c1ccccc1.CC(=CCN)c1ccccc1.CC(=CCN=[N+]=[N-])c1ccccc1.CC(C)(C)OC(=O)CC1=NC(C)(c2ccccc2)CCN1C(=O)OC(C)(C)C.CC1(c2ccccc2)CCCC(N)=N1.CC1(c2ccccc2)CCCC(N)=N1.Cl. The van der Waals surface area contributed by atoms with Crippen molar-refractivity contribution < 1.29 is 47.7 Å². The number of hydrogen-bond acceptors (Lipinski definition) is 18. The summed E-state index contributed by atoms with van der Waals surface area (Å²) in [7, 11) is 0. The van der Waals surface area contributed by atoms with Crippen molar-refractivity contribution in [3.8, 4) is 0 Å². The Morgan fingerprint density at radius 3 is 1.21 bits per heavy atom. The molecule has 4 amide bonds. The first-order valence-electron chi connectivity index (χ1n) is 46.1. The highest BCUT2D eigenvalue weighted by molar-refractivity contribution is 6.19. The second-order valence-corrected chi connectivity index (χ2v) is 38.7. The van der Waals surface area contributed by atoms with Crippen LogP contribution in [0.15, 0.2) is 274 Å². The lowest BCUT2D eigenvalue weighted by molar-refractivity contribution is -0.153. The monoisotopic (exact) mass is 1910 g/mol. The maximum absolute atomic E-state index is 12.7. The number of halogens is 2. The molecule has 3 atom stereocenters. The van der Waals surface area contributed by atoms with Crippen molar-refractivity contribution in [2.45, 2.75) is 275 Å². The van der Waals surface area contributed by atoms with Crippen molar-refractivity contribution in [2.75, 3.05) is 25.5 Å². The highest BCUT2D eigenvalue weighted by atomic mass is 35.5. The number of benzene rings is 7. The Balaban J connectivity index is 0.000000413. The molecule has 1 aromatic heterocycles. The van der Waals surface area contributed by atoms with Crippen LogP contribution in [-0.2, 0) is 45.1 Å². The highest BCUT2D eigenvalue weighted by Crippen LogP contribution is 2.37. The molecule has 8 aromatic rings. The Labute approximate surface area is 826 Å². The van der Waals surface area contributed by atoms with Crippen LogP contribution in [0.2, 0.25) is 0 Å². The van der Waals surface area contributed by atoms with Gasteiger partial charge in [-0.1, -0.05) is 248 Å². The number of rotatable bonds is 18. The molecule has 0 bridgehead atoms. The quantitative estimate of drug-likeness (QED) is 0.00779. The number of nitrogens with two attached hydrogens (primary N) is 3. The molecule has 7 aromatic carbocycles. The summed E-state index contributed by atoms with van der Waals surface area (Å²) in [5.74, 6) is 2.72. The van der Waals surface area contributed by atoms with E-state index in [4.69, 9.17) is 63.0 Å². The highest BCUT2D eigenvalue weighted by Gasteiger charge is 2.39. The number of alkyl halides is 1. The summed E-state index contributed by atoms with van der Waals surface area (Å²) in [6.07, 6.45) is 13.4. The Kier molecular flexibility index (Phi) is 50.2. The van der Waals surface area contributed by atoms with Gasteiger partial charge in [0.1, 0.15) is 51.9 Å². The minimum absolute atomic E-state index is 0. The predicted molar refractivity (Wildman–Crippen MR) is 568 cm³/mol. The van der Waals surface area contributed by atoms with Gasteiger partial charge in [0.2, 0.25) is 0 Å². The average molecular weight is 1910 g/mol. The largest absolute Gasteiger partial charge is 0.460 e. The second kappa shape index (κ2) is 58.0. The number of nitrogens with one attached hydrogen (secondary N) is 2. The summed E-state index contributed by atoms with van der Waals surface area (Å²) in [5, 5.41) is 12.8. The van der Waals surface area contributed by atoms with Gasteiger partial charge in [-0.05, 0) is 278 Å². The number of azide groups is 1. The molecule has 0 aliphatic carbocycles. The van der Waals surface area contributed by atoms with E-state index < -0.39 is 63.9 Å². The number of amidine groups is 4. The van der Waals surface area contributed by atoms with Gasteiger partial charge in [0.25, 0.3) is 0 Å². The van der Waals surface area contributed by atoms with Gasteiger partial charge in [-0.15, -0.1) is 24.0 Å². The maximum atomic E-state index is 12.7. The summed E-state index contributed by atoms with van der Waals surface area (Å²) in [6, 6.07) is 73.1. The molecule has 0 fully saturated rings. The molecule has 4 heterocycles. The fourth-order valence-electron chi connectivity index (χ4n) is 13.7. The van der Waals surface area contributed by atoms with Crippen molar-refractivity contribution in [1.82, 2.24) is 25.3 Å². The third-order valence-electron chi connectivity index (χ3n) is 20.3. The van der Waals surface area contributed by atoms with Crippen molar-refractivity contribution in [1.29, 1.82) is 0 Å². The van der Waals surface area contributed by atoms with Gasteiger partial charge in [-0.3, -0.25) is 35.3 Å². The number of nitrogens with zero attached hydrogens (tertiary/aromatic N) is 10. The number of esters is 1. The molecular formula is C110H151Cl2N15O10. The number of aryl methyl sites for hydroxylation is 2. The van der Waals surface area contributed by atoms with Crippen LogP contribution in [0, 0.1) is 13.8 Å². The fraction of sp³-hybridized carbons (Fsp3) is 0.418. The van der Waals surface area contributed by atoms with E-state index in [0.717, 1.165) is 89.4 Å². The summed E-state index contributed by atoms with van der Waals surface area (Å²) < 4.78 is 28.1. The molecule has 0 saturated carbocycles. The van der Waals surface area contributed by atoms with Crippen molar-refractivity contribution in [3.05, 3.63) is 310 Å². The van der Waals surface area contributed by atoms with E-state index in [-0.39, 0.29) is 35.7 Å². The van der Waals surface area contributed by atoms with Crippen molar-refractivity contribution >= 4 is 106 Å². The molecule has 0 radical (unpaired) electrons. The van der Waals surface area contributed by atoms with E-state index in [0.29, 0.717) is 56.4 Å². The molecule has 27 heteroatoms. The van der Waals surface area contributed by atoms with E-state index in [1.807, 2.05) is 246 Å². The van der Waals surface area contributed by atoms with Crippen molar-refractivity contribution in [3.63, 3.8) is 0 Å². The summed E-state index contributed by atoms with van der Waals surface area (Å²) in [4.78, 5) is 82.8. The van der Waals surface area contributed by atoms with Gasteiger partial charge in [0, 0.05) is 55.4 Å². The van der Waals surface area contributed by atoms with E-state index in [9.17, 15) is 24.0 Å². The molecule has 3 unspecified atom stereocenters. The van der Waals surface area contributed by atoms with Crippen LogP contribution < -0.4 is 27.8 Å². The van der Waals surface area contributed by atoms with E-state index in [1.54, 1.807) is 67.0 Å². The lowest BCUT2D eigenvalue weighted by Gasteiger charge is -2.38. The van der Waals surface area contributed by atoms with Crippen LogP contribution in [0.25, 0.3) is 38.6 Å². The first kappa shape index (κ1) is 118. The topological polar surface area (TPSA) is 353 Å². The first-order valence-corrected chi connectivity index (χ1v) is 46.7. The predicted octanol–water partition coefficient (Wildman–Crippen LogP) is 26.9. The second-order valence-electron chi connectivity index (χ2n) is 38.4. The normalized spacial score (nSPS) is 16.6. The Morgan fingerprint density at radius 2 is 0.861 bits per heavy atom. The smallest absolute Gasteiger partial charge is 0.435 e. The maximum Gasteiger partial charge on any atom is 0.435 e. The molecule has 0 saturated heterocycles. The molecule has 137 heavy (non-hydrogen) atoms. The first-order chi connectivity index (χ1) is 63.8. The molecular weight excluding hydrogens is 1760 g/mol. The standard InChI is InChI=1S/2C22H32N2O4.C12H19N3O2.2C12H16N2.C10H11Cl.C10H11N3.C10H13N.ClH/c1-20(2,3)27-18(25)15-17-23-22(7,16-11-9-8-10-12-16)13-14-24(17)19(26)28-21(4,5)6;1-16(17-13-9-8-10-14-17)12-11-15-18(23-19(25)27-21(2,3)4)24-20(26)28-22(5,6)7;1-8-7-9(2)15(14-8)10(3)13-11(16)17-12(4,5)6;2*1-12(9-5-8-11(13)14-12)10-6-3-2-4-7-10;1-9(7-8-11)10-5-3-2-4-6-10;1-9(7-8-12-13-11)10-5-3-2-4-6-10;1-9(7-8-11)10-5-3-2-4-6-10;/h8-12H,13-15H2,1-7H3;8-10,12-14H,11,15H2,1-7H3,(H,23,24,25,26);7H,3H2,1-2,4-6H3,(H,13,16);2*2-4,6-7H,5,8-9H2,1H3,(H2,13,14);2-7H,8H2,1H3;2-7H,8H2,1H3;2-7H,8,11H2,1H3;1H. The van der Waals surface area contributed by atoms with Gasteiger partial charge in [-0.25, -0.2) is 23.9 Å². The lowest BCUT2D eigenvalue weighted by Crippen LogP contribution is -2.48. The number of carbonyl (C=O) groups is 5. The van der Waals surface area contributed by atoms with E-state index in [2.05, 4.69) is 148 Å². The number of carbonyl (C=O) groups excluding carboxylic acids is 5. The van der Waals surface area contributed by atoms with Gasteiger partial charge in [0.05, 0.1) is 34.0 Å². The van der Waals surface area contributed by atoms with Crippen LogP contribution in [0.4, 0.5) is 19.2 Å². The number of aromatic nitrogens is 2. The summed E-state index contributed by atoms with van der Waals surface area (Å²) in [5.41, 5.74) is 36.1. The summed E-state index contributed by atoms with van der Waals surface area (Å²) in [6.45, 7) is 50.3. The zero-order valence-electron chi connectivity index (χ0n) is 85.3. The number of aliphatic imine (C=N–C) groups is 4. The van der Waals surface area contributed by atoms with Gasteiger partial charge < -0.3 is 40.9 Å². The van der Waals surface area contributed by atoms with Gasteiger partial charge >= 0.3 is 30.3 Å². The van der Waals surface area contributed by atoms with Crippen molar-refractivity contribution in [2.24, 2.45) is 42.3 Å². The molecule has 0 spiro atoms. The molecule has 3 aliphatic heterocycles. The number of hydrogen-bond donors (Lipinski definition) is 5. The zero-order valence-corrected chi connectivity index (χ0v) is 86.8. The Morgan fingerprint density at radius 1 is 0.504 bits per heavy atom. The van der Waals surface area contributed by atoms with Crippen LogP contribution in [0.5, 0.6) is 0 Å². The van der Waals surface area contributed by atoms with E-state index in [1.165, 1.54) is 38.3 Å². The number of alkyl carbamates (subject to hydrolysis) is 2. The summed E-state index contributed by atoms with van der Waals surface area (Å²) >= 11 is 5.57. The fourth-order valence-corrected chi connectivity index (χ4v) is 13.9. The van der Waals surface area contributed by atoms with Crippen LogP contribution >= 0.6 is 24.0 Å². The van der Waals surface area contributed by atoms with Crippen LogP contribution in [0.1, 0.15) is 267 Å². The molecule has 8 N–H and O–H groups in total. The minimum atomic E-state index is -0.748. The zero-order chi connectivity index (χ0) is 102. The third kappa shape index (κ3) is 48.1. The molecule has 740 valence electrons. The van der Waals surface area contributed by atoms with E-state index >= 15 is 0 Å². The number of ether oxygens (including phenoxy) is 5. The van der Waals surface area contributed by atoms with Gasteiger partial charge in [-0.2, -0.15) is 10.1 Å². The van der Waals surface area contributed by atoms with Crippen LogP contribution in [0.3, 0.4) is 0 Å². The molecule has 3 aliphatic rings. The number of allylic oxidation sites excluding steroid dienone is 6. The Hall–Kier alpha value is -12.7. The molecule has 11 rings (SSSR count).